The van der Waals surface area contributed by atoms with Crippen LogP contribution in [0.25, 0.3) is 0 Å². The second-order valence-electron chi connectivity index (χ2n) is 2.08. The van der Waals surface area contributed by atoms with Gasteiger partial charge in [0.2, 0.25) is 5.88 Å². The fourth-order valence-corrected chi connectivity index (χ4v) is 0.631. The number of nitrogens with zero attached hydrogens (tertiary/aromatic N) is 1. The molecule has 0 atom stereocenters. The Morgan fingerprint density at radius 1 is 1.60 bits per heavy atom. The Balaban J connectivity index is 3.04. The van der Waals surface area contributed by atoms with Crippen LogP contribution < -0.4 is 10.5 Å². The third-order valence-corrected chi connectivity index (χ3v) is 1.33. The van der Waals surface area contributed by atoms with Gasteiger partial charge >= 0.3 is 0 Å². The lowest BCUT2D eigenvalue weighted by Gasteiger charge is -2.00. The van der Waals surface area contributed by atoms with Crippen molar-refractivity contribution in [3.63, 3.8) is 0 Å². The van der Waals surface area contributed by atoms with E-state index in [4.69, 9.17) is 10.5 Å². The molecule has 0 bridgehead atoms. The number of pyridine rings is 1. The number of aryl methyl sites for hydroxylation is 1. The zero-order valence-corrected chi connectivity index (χ0v) is 6.09. The summed E-state index contributed by atoms with van der Waals surface area (Å²) in [7, 11) is 1.57. The third-order valence-electron chi connectivity index (χ3n) is 1.33. The molecule has 1 aromatic rings. The van der Waals surface area contributed by atoms with Gasteiger partial charge in [0.1, 0.15) is 0 Å². The molecule has 0 unspecified atom stereocenters. The maximum Gasteiger partial charge on any atom is 0.214 e. The maximum atomic E-state index is 5.58. The standard InChI is InChI=1S/C7H10N2O/c1-5-4-9-7(10-2)3-6(5)8/h3-4H,1-2H3,(H2,8,9). The molecule has 3 nitrogen and oxygen atoms in total. The second-order valence-corrected chi connectivity index (χ2v) is 2.08. The predicted molar refractivity (Wildman–Crippen MR) is 39.9 cm³/mol. The van der Waals surface area contributed by atoms with E-state index in [0.29, 0.717) is 11.6 Å². The van der Waals surface area contributed by atoms with Gasteiger partial charge in [-0.2, -0.15) is 0 Å². The van der Waals surface area contributed by atoms with Gasteiger partial charge in [-0.1, -0.05) is 0 Å². The van der Waals surface area contributed by atoms with Crippen LogP contribution in [0.4, 0.5) is 5.69 Å². The zero-order chi connectivity index (χ0) is 7.56. The summed E-state index contributed by atoms with van der Waals surface area (Å²) in [6.45, 7) is 1.90. The first-order valence-corrected chi connectivity index (χ1v) is 3.00. The van der Waals surface area contributed by atoms with Gasteiger partial charge in [-0.05, 0) is 12.5 Å². The summed E-state index contributed by atoms with van der Waals surface area (Å²) in [6.07, 6.45) is 1.69. The summed E-state index contributed by atoms with van der Waals surface area (Å²) in [5, 5.41) is 0. The van der Waals surface area contributed by atoms with Crippen molar-refractivity contribution in [1.82, 2.24) is 4.98 Å². The van der Waals surface area contributed by atoms with Crippen LogP contribution >= 0.6 is 0 Å². The minimum absolute atomic E-state index is 0.558. The van der Waals surface area contributed by atoms with Crippen molar-refractivity contribution in [2.24, 2.45) is 0 Å². The van der Waals surface area contributed by atoms with Crippen molar-refractivity contribution in [2.75, 3.05) is 12.8 Å². The predicted octanol–water partition coefficient (Wildman–Crippen LogP) is 0.981. The van der Waals surface area contributed by atoms with E-state index in [1.807, 2.05) is 6.92 Å². The van der Waals surface area contributed by atoms with Crippen LogP contribution in [0.3, 0.4) is 0 Å². The topological polar surface area (TPSA) is 48.1 Å². The monoisotopic (exact) mass is 138 g/mol. The van der Waals surface area contributed by atoms with Crippen LogP contribution in [0.1, 0.15) is 5.56 Å². The molecule has 0 aliphatic heterocycles. The van der Waals surface area contributed by atoms with Crippen LogP contribution in [-0.2, 0) is 0 Å². The summed E-state index contributed by atoms with van der Waals surface area (Å²) < 4.78 is 4.86. The molecule has 0 saturated heterocycles. The summed E-state index contributed by atoms with van der Waals surface area (Å²) >= 11 is 0. The van der Waals surface area contributed by atoms with E-state index >= 15 is 0 Å². The van der Waals surface area contributed by atoms with E-state index in [9.17, 15) is 0 Å². The molecule has 3 heteroatoms. The smallest absolute Gasteiger partial charge is 0.214 e. The minimum Gasteiger partial charge on any atom is -0.481 e. The summed E-state index contributed by atoms with van der Waals surface area (Å²) in [4.78, 5) is 3.96. The lowest BCUT2D eigenvalue weighted by Crippen LogP contribution is -1.93. The molecular weight excluding hydrogens is 128 g/mol. The molecular formula is C7H10N2O. The Hall–Kier alpha value is -1.25. The minimum atomic E-state index is 0.558. The molecule has 1 aromatic heterocycles. The Morgan fingerprint density at radius 3 is 2.80 bits per heavy atom. The van der Waals surface area contributed by atoms with E-state index in [1.54, 1.807) is 19.4 Å². The fraction of sp³-hybridized carbons (Fsp3) is 0.286. The molecule has 0 aliphatic rings. The van der Waals surface area contributed by atoms with Gasteiger partial charge in [0, 0.05) is 18.0 Å². The van der Waals surface area contributed by atoms with Gasteiger partial charge < -0.3 is 10.5 Å². The summed E-state index contributed by atoms with van der Waals surface area (Å²) in [5.41, 5.74) is 7.26. The van der Waals surface area contributed by atoms with E-state index in [0.717, 1.165) is 5.56 Å². The fourth-order valence-electron chi connectivity index (χ4n) is 0.631. The van der Waals surface area contributed by atoms with E-state index in [-0.39, 0.29) is 0 Å². The van der Waals surface area contributed by atoms with Gasteiger partial charge in [0.05, 0.1) is 7.11 Å². The molecule has 0 radical (unpaired) electrons. The SMILES string of the molecule is COc1cc(N)c(C)cn1. The van der Waals surface area contributed by atoms with Crippen LogP contribution in [-0.4, -0.2) is 12.1 Å². The highest BCUT2D eigenvalue weighted by Crippen LogP contribution is 2.14. The van der Waals surface area contributed by atoms with E-state index in [1.165, 1.54) is 0 Å². The maximum absolute atomic E-state index is 5.58. The first-order valence-electron chi connectivity index (χ1n) is 3.00. The van der Waals surface area contributed by atoms with Gasteiger partial charge in [-0.15, -0.1) is 0 Å². The zero-order valence-electron chi connectivity index (χ0n) is 6.09. The molecule has 0 aromatic carbocycles. The first kappa shape index (κ1) is 6.86. The van der Waals surface area contributed by atoms with Crippen molar-refractivity contribution in [3.8, 4) is 5.88 Å². The molecule has 1 rings (SSSR count). The van der Waals surface area contributed by atoms with Crippen molar-refractivity contribution >= 4 is 5.69 Å². The molecule has 10 heavy (non-hydrogen) atoms. The Labute approximate surface area is 59.8 Å². The van der Waals surface area contributed by atoms with Crippen LogP contribution in [0.5, 0.6) is 5.88 Å². The van der Waals surface area contributed by atoms with Crippen LogP contribution in [0, 0.1) is 6.92 Å². The Bertz CT molecular complexity index is 235. The normalized spacial score (nSPS) is 9.40. The molecule has 0 saturated carbocycles. The van der Waals surface area contributed by atoms with E-state index in [2.05, 4.69) is 4.98 Å². The number of hydrogen-bond donors (Lipinski definition) is 1. The molecule has 2 N–H and O–H groups in total. The van der Waals surface area contributed by atoms with Crippen molar-refractivity contribution in [1.29, 1.82) is 0 Å². The number of methoxy groups -OCH3 is 1. The van der Waals surface area contributed by atoms with Crippen molar-refractivity contribution in [3.05, 3.63) is 17.8 Å². The molecule has 0 amide bonds. The molecule has 0 fully saturated rings. The highest BCUT2D eigenvalue weighted by Gasteiger charge is 1.95. The largest absolute Gasteiger partial charge is 0.481 e. The molecule has 0 spiro atoms. The van der Waals surface area contributed by atoms with Gasteiger partial charge in [-0.3, -0.25) is 0 Å². The lowest BCUT2D eigenvalue weighted by molar-refractivity contribution is 0.398. The average Bonchev–Trinajstić information content (AvgIpc) is 1.95. The van der Waals surface area contributed by atoms with Crippen molar-refractivity contribution in [2.45, 2.75) is 6.92 Å². The molecule has 54 valence electrons. The van der Waals surface area contributed by atoms with Gasteiger partial charge in [-0.25, -0.2) is 4.98 Å². The number of anilines is 1. The lowest BCUT2D eigenvalue weighted by atomic mass is 10.3. The van der Waals surface area contributed by atoms with Crippen molar-refractivity contribution < 1.29 is 4.74 Å². The number of nitrogens with two attached hydrogens (primary N) is 1. The number of hydrogen-bond acceptors (Lipinski definition) is 3. The quantitative estimate of drug-likeness (QED) is 0.629. The number of nitrogen functional groups attached to an aromatic ring is 1. The van der Waals surface area contributed by atoms with Crippen LogP contribution in [0.2, 0.25) is 0 Å². The molecule has 0 aliphatic carbocycles. The molecule has 1 heterocycles. The summed E-state index contributed by atoms with van der Waals surface area (Å²) in [5.74, 6) is 0.558. The van der Waals surface area contributed by atoms with Gasteiger partial charge in [0.15, 0.2) is 0 Å². The summed E-state index contributed by atoms with van der Waals surface area (Å²) in [6, 6.07) is 1.70. The number of ether oxygens (including phenoxy) is 1. The highest BCUT2D eigenvalue weighted by molar-refractivity contribution is 5.46. The Kier molecular flexibility index (Phi) is 1.76. The second kappa shape index (κ2) is 2.56. The Morgan fingerprint density at radius 2 is 2.30 bits per heavy atom. The number of rotatable bonds is 1. The first-order chi connectivity index (χ1) is 4.74. The highest BCUT2D eigenvalue weighted by atomic mass is 16.5. The van der Waals surface area contributed by atoms with Gasteiger partial charge in [0.25, 0.3) is 0 Å². The third kappa shape index (κ3) is 1.18. The van der Waals surface area contributed by atoms with Crippen LogP contribution in [0.15, 0.2) is 12.3 Å². The average molecular weight is 138 g/mol. The number of aromatic nitrogens is 1. The van der Waals surface area contributed by atoms with E-state index < -0.39 is 0 Å².